The topological polar surface area (TPSA) is 96.1 Å². The van der Waals surface area contributed by atoms with E-state index in [0.717, 1.165) is 42.8 Å². The van der Waals surface area contributed by atoms with Gasteiger partial charge in [0.1, 0.15) is 0 Å². The number of aryl methyl sites for hydroxylation is 1. The summed E-state index contributed by atoms with van der Waals surface area (Å²) in [6, 6.07) is 0.380. The van der Waals surface area contributed by atoms with Crippen molar-refractivity contribution in [3.63, 3.8) is 0 Å². The fourth-order valence-corrected chi connectivity index (χ4v) is 2.83. The maximum absolute atomic E-state index is 9.90. The Morgan fingerprint density at radius 1 is 1.44 bits per heavy atom. The molecule has 1 atom stereocenters. The first-order valence-corrected chi connectivity index (χ1v) is 7.15. The molecule has 1 fully saturated rings. The number of aliphatic hydroxyl groups is 1. The second-order valence-corrected chi connectivity index (χ2v) is 5.72. The van der Waals surface area contributed by atoms with E-state index >= 15 is 0 Å². The lowest BCUT2D eigenvalue weighted by molar-refractivity contribution is 0.117. The van der Waals surface area contributed by atoms with Crippen LogP contribution in [0.3, 0.4) is 0 Å². The lowest BCUT2D eigenvalue weighted by atomic mass is 9.86. The highest BCUT2D eigenvalue weighted by Gasteiger charge is 2.19. The molecule has 0 amide bonds. The highest BCUT2D eigenvalue weighted by Crippen LogP contribution is 2.22. The minimum absolute atomic E-state index is 0.380. The summed E-state index contributed by atoms with van der Waals surface area (Å²) in [7, 11) is 0. The zero-order valence-corrected chi connectivity index (χ0v) is 11.4. The van der Waals surface area contributed by atoms with E-state index < -0.39 is 6.23 Å². The van der Waals surface area contributed by atoms with Crippen molar-refractivity contribution < 1.29 is 5.11 Å². The highest BCUT2D eigenvalue weighted by molar-refractivity contribution is 7.05. The maximum atomic E-state index is 9.90. The van der Waals surface area contributed by atoms with Gasteiger partial charge in [0.25, 0.3) is 0 Å². The standard InChI is InChI=1S/C11H21N5OS/c1-7-10(18-16-14-7)11(17)15-13-6-8-2-4-9(12)5-3-8/h8-9,11,13,15,17H,2-6,12H2,1H3. The molecule has 0 spiro atoms. The first kappa shape index (κ1) is 13.8. The zero-order chi connectivity index (χ0) is 13.0. The van der Waals surface area contributed by atoms with Gasteiger partial charge in [0.05, 0.1) is 10.6 Å². The molecule has 2 rings (SSSR count). The molecule has 1 saturated carbocycles. The number of nitrogens with one attached hydrogen (secondary N) is 2. The monoisotopic (exact) mass is 271 g/mol. The summed E-state index contributed by atoms with van der Waals surface area (Å²) in [6.07, 6.45) is 3.79. The molecule has 0 aliphatic heterocycles. The molecule has 1 heterocycles. The van der Waals surface area contributed by atoms with Gasteiger partial charge in [-0.3, -0.25) is 5.43 Å². The van der Waals surface area contributed by atoms with Crippen LogP contribution in [-0.2, 0) is 0 Å². The average Bonchev–Trinajstić information content (AvgIpc) is 2.78. The molecule has 102 valence electrons. The predicted molar refractivity (Wildman–Crippen MR) is 70.7 cm³/mol. The van der Waals surface area contributed by atoms with Crippen LogP contribution in [0.25, 0.3) is 0 Å². The van der Waals surface area contributed by atoms with E-state index in [0.29, 0.717) is 12.0 Å². The Kier molecular flexibility index (Phi) is 5.02. The zero-order valence-electron chi connectivity index (χ0n) is 10.6. The van der Waals surface area contributed by atoms with Crippen LogP contribution in [-0.4, -0.2) is 27.3 Å². The fourth-order valence-electron chi connectivity index (χ4n) is 2.25. The van der Waals surface area contributed by atoms with Crippen molar-refractivity contribution in [2.75, 3.05) is 6.54 Å². The van der Waals surface area contributed by atoms with Gasteiger partial charge in [0.15, 0.2) is 6.23 Å². The summed E-state index contributed by atoms with van der Waals surface area (Å²) in [5, 5.41) is 13.8. The molecule has 0 aromatic carbocycles. The summed E-state index contributed by atoms with van der Waals surface area (Å²) in [5.41, 5.74) is 12.6. The lowest BCUT2D eigenvalue weighted by Gasteiger charge is -2.26. The summed E-state index contributed by atoms with van der Waals surface area (Å²) in [4.78, 5) is 0.758. The smallest absolute Gasteiger partial charge is 0.155 e. The Labute approximate surface area is 111 Å². The molecule has 1 aliphatic rings. The van der Waals surface area contributed by atoms with E-state index in [4.69, 9.17) is 5.73 Å². The summed E-state index contributed by atoms with van der Waals surface area (Å²) in [5.74, 6) is 0.644. The van der Waals surface area contributed by atoms with Crippen LogP contribution < -0.4 is 16.6 Å². The van der Waals surface area contributed by atoms with E-state index in [1.807, 2.05) is 6.92 Å². The minimum Gasteiger partial charge on any atom is -0.372 e. The Morgan fingerprint density at radius 2 is 2.17 bits per heavy atom. The van der Waals surface area contributed by atoms with Crippen LogP contribution in [0.4, 0.5) is 0 Å². The molecular weight excluding hydrogens is 250 g/mol. The summed E-state index contributed by atoms with van der Waals surface area (Å²) >= 11 is 1.21. The molecule has 5 N–H and O–H groups in total. The van der Waals surface area contributed by atoms with Crippen molar-refractivity contribution in [3.8, 4) is 0 Å². The van der Waals surface area contributed by atoms with Gasteiger partial charge in [0.2, 0.25) is 0 Å². The van der Waals surface area contributed by atoms with Gasteiger partial charge < -0.3 is 10.8 Å². The van der Waals surface area contributed by atoms with E-state index in [1.54, 1.807) is 0 Å². The van der Waals surface area contributed by atoms with Crippen molar-refractivity contribution in [1.29, 1.82) is 0 Å². The van der Waals surface area contributed by atoms with Crippen LogP contribution in [0.2, 0.25) is 0 Å². The molecule has 0 radical (unpaired) electrons. The largest absolute Gasteiger partial charge is 0.372 e. The first-order valence-electron chi connectivity index (χ1n) is 6.37. The van der Waals surface area contributed by atoms with E-state index in [9.17, 15) is 5.11 Å². The maximum Gasteiger partial charge on any atom is 0.155 e. The Morgan fingerprint density at radius 3 is 2.78 bits per heavy atom. The average molecular weight is 271 g/mol. The van der Waals surface area contributed by atoms with Gasteiger partial charge in [-0.25, -0.2) is 5.43 Å². The first-order chi connectivity index (χ1) is 8.66. The minimum atomic E-state index is -0.740. The third-order valence-corrected chi connectivity index (χ3v) is 4.33. The molecule has 7 heteroatoms. The molecule has 0 bridgehead atoms. The molecule has 0 saturated heterocycles. The van der Waals surface area contributed by atoms with Gasteiger partial charge in [0, 0.05) is 12.6 Å². The van der Waals surface area contributed by atoms with E-state index in [-0.39, 0.29) is 0 Å². The van der Waals surface area contributed by atoms with Crippen molar-refractivity contribution in [2.45, 2.75) is 44.9 Å². The predicted octanol–water partition coefficient (Wildman–Crippen LogP) is 0.449. The fraction of sp³-hybridized carbons (Fsp3) is 0.818. The number of hydrogen-bond acceptors (Lipinski definition) is 7. The molecule has 6 nitrogen and oxygen atoms in total. The summed E-state index contributed by atoms with van der Waals surface area (Å²) < 4.78 is 3.80. The van der Waals surface area contributed by atoms with Crippen LogP contribution >= 0.6 is 11.5 Å². The van der Waals surface area contributed by atoms with Crippen molar-refractivity contribution in [2.24, 2.45) is 11.7 Å². The van der Waals surface area contributed by atoms with Crippen molar-refractivity contribution >= 4 is 11.5 Å². The van der Waals surface area contributed by atoms with Gasteiger partial charge in [-0.05, 0) is 50.1 Å². The van der Waals surface area contributed by atoms with Gasteiger partial charge >= 0.3 is 0 Å². The van der Waals surface area contributed by atoms with Crippen molar-refractivity contribution in [3.05, 3.63) is 10.6 Å². The van der Waals surface area contributed by atoms with Crippen LogP contribution in [0.15, 0.2) is 0 Å². The third-order valence-electron chi connectivity index (χ3n) is 3.46. The van der Waals surface area contributed by atoms with Gasteiger partial charge in [-0.1, -0.05) is 4.49 Å². The second-order valence-electron chi connectivity index (χ2n) is 4.93. The number of nitrogens with two attached hydrogens (primary N) is 1. The van der Waals surface area contributed by atoms with E-state index in [2.05, 4.69) is 20.4 Å². The van der Waals surface area contributed by atoms with E-state index in [1.165, 1.54) is 11.5 Å². The van der Waals surface area contributed by atoms with Crippen LogP contribution in [0, 0.1) is 12.8 Å². The quantitative estimate of drug-likeness (QED) is 0.459. The molecule has 18 heavy (non-hydrogen) atoms. The molecule has 1 unspecified atom stereocenters. The van der Waals surface area contributed by atoms with Crippen molar-refractivity contribution in [1.82, 2.24) is 20.4 Å². The molecule has 1 aromatic rings. The number of hydrogen-bond donors (Lipinski definition) is 4. The molecule has 1 aliphatic carbocycles. The second kappa shape index (κ2) is 6.53. The number of rotatable bonds is 5. The highest BCUT2D eigenvalue weighted by atomic mass is 32.1. The van der Waals surface area contributed by atoms with Gasteiger partial charge in [-0.2, -0.15) is 0 Å². The number of aromatic nitrogens is 2. The molecular formula is C11H21N5OS. The number of aliphatic hydroxyl groups excluding tert-OH is 1. The Bertz CT molecular complexity index is 364. The normalized spacial score (nSPS) is 26.2. The van der Waals surface area contributed by atoms with Crippen LogP contribution in [0.5, 0.6) is 0 Å². The SMILES string of the molecule is Cc1nnsc1C(O)NNCC1CCC(N)CC1. The molecule has 1 aromatic heterocycles. The Hall–Kier alpha value is -0.600. The lowest BCUT2D eigenvalue weighted by Crippen LogP contribution is -2.40. The number of hydrazine groups is 1. The number of nitrogens with zero attached hydrogens (tertiary/aromatic N) is 2. The third kappa shape index (κ3) is 3.69. The van der Waals surface area contributed by atoms with Crippen LogP contribution in [0.1, 0.15) is 42.5 Å². The van der Waals surface area contributed by atoms with Gasteiger partial charge in [-0.15, -0.1) is 5.10 Å². The Balaban J connectivity index is 1.68. The summed E-state index contributed by atoms with van der Waals surface area (Å²) in [6.45, 7) is 2.70.